The van der Waals surface area contributed by atoms with Gasteiger partial charge in [-0.3, -0.25) is 4.79 Å². The third kappa shape index (κ3) is 7.25. The van der Waals surface area contributed by atoms with Crippen molar-refractivity contribution in [3.05, 3.63) is 18.2 Å². The summed E-state index contributed by atoms with van der Waals surface area (Å²) in [6, 6.07) is 0. The summed E-state index contributed by atoms with van der Waals surface area (Å²) in [6.45, 7) is 3.50. The first kappa shape index (κ1) is 10.4. The van der Waals surface area contributed by atoms with E-state index in [0.717, 1.165) is 5.69 Å². The molecule has 0 spiro atoms. The maximum Gasteiger partial charge on any atom is 0.140 e. The number of halogens is 1. The van der Waals surface area contributed by atoms with Crippen molar-refractivity contribution in [3.8, 4) is 0 Å². The minimum atomic E-state index is 0.171. The summed E-state index contributed by atoms with van der Waals surface area (Å²) < 4.78 is 0. The highest BCUT2D eigenvalue weighted by Crippen LogP contribution is 1.81. The monoisotopic (exact) mass is 218 g/mol. The van der Waals surface area contributed by atoms with Gasteiger partial charge in [0.1, 0.15) is 5.78 Å². The number of aromatic nitrogens is 2. The highest BCUT2D eigenvalue weighted by atomic mass is 79.9. The molecule has 0 aliphatic carbocycles. The van der Waals surface area contributed by atoms with Crippen molar-refractivity contribution in [2.75, 3.05) is 5.33 Å². The van der Waals surface area contributed by atoms with E-state index in [2.05, 4.69) is 25.9 Å². The van der Waals surface area contributed by atoms with Crippen molar-refractivity contribution < 1.29 is 4.79 Å². The summed E-state index contributed by atoms with van der Waals surface area (Å²) in [5.74, 6) is 0.171. The van der Waals surface area contributed by atoms with Gasteiger partial charge in [-0.1, -0.05) is 15.9 Å². The van der Waals surface area contributed by atoms with Gasteiger partial charge in [0.2, 0.25) is 0 Å². The molecule has 0 saturated heterocycles. The van der Waals surface area contributed by atoms with E-state index in [1.54, 1.807) is 12.5 Å². The van der Waals surface area contributed by atoms with Crippen LogP contribution in [-0.2, 0) is 4.79 Å². The quantitative estimate of drug-likeness (QED) is 0.730. The zero-order chi connectivity index (χ0) is 8.69. The van der Waals surface area contributed by atoms with Crippen molar-refractivity contribution >= 4 is 21.7 Å². The maximum absolute atomic E-state index is 9.77. The molecule has 0 unspecified atom stereocenters. The topological polar surface area (TPSA) is 45.8 Å². The normalized spacial score (nSPS) is 8.27. The molecule has 0 aromatic carbocycles. The fourth-order valence-electron chi connectivity index (χ4n) is 0.325. The number of hydrogen-bond donors (Lipinski definition) is 1. The number of nitrogens with one attached hydrogen (secondary N) is 1. The Morgan fingerprint density at radius 3 is 2.45 bits per heavy atom. The van der Waals surface area contributed by atoms with E-state index in [0.29, 0.717) is 5.33 Å². The van der Waals surface area contributed by atoms with E-state index < -0.39 is 0 Å². The second kappa shape index (κ2) is 6.09. The third-order valence-electron chi connectivity index (χ3n) is 0.823. The van der Waals surface area contributed by atoms with Crippen LogP contribution in [0.1, 0.15) is 12.6 Å². The zero-order valence-electron chi connectivity index (χ0n) is 6.60. The molecule has 0 bridgehead atoms. The van der Waals surface area contributed by atoms with Crippen molar-refractivity contribution in [2.24, 2.45) is 0 Å². The standard InChI is InChI=1S/C4H6N2.C3H5BrO/c1-4-2-5-3-6-4;1-3(5)2-4/h2-3H,1H3,(H,5,6);2H2,1H3. The lowest BCUT2D eigenvalue weighted by atomic mass is 10.5. The maximum atomic E-state index is 9.77. The lowest BCUT2D eigenvalue weighted by Gasteiger charge is -1.69. The number of ketones is 1. The fraction of sp³-hybridized carbons (Fsp3) is 0.429. The van der Waals surface area contributed by atoms with Gasteiger partial charge in [0.05, 0.1) is 11.7 Å². The van der Waals surface area contributed by atoms with E-state index in [4.69, 9.17) is 0 Å². The van der Waals surface area contributed by atoms with Gasteiger partial charge in [0.25, 0.3) is 0 Å². The Kier molecular flexibility index (Phi) is 5.74. The van der Waals surface area contributed by atoms with Crippen LogP contribution < -0.4 is 0 Å². The molecule has 1 aromatic rings. The van der Waals surface area contributed by atoms with Gasteiger partial charge in [-0.15, -0.1) is 0 Å². The molecule has 0 aliphatic heterocycles. The molecule has 0 aliphatic rings. The number of alkyl halides is 1. The van der Waals surface area contributed by atoms with Crippen LogP contribution in [0.5, 0.6) is 0 Å². The summed E-state index contributed by atoms with van der Waals surface area (Å²) in [5, 5.41) is 0.479. The highest BCUT2D eigenvalue weighted by molar-refractivity contribution is 9.09. The summed E-state index contributed by atoms with van der Waals surface area (Å²) in [7, 11) is 0. The van der Waals surface area contributed by atoms with Gasteiger partial charge in [-0.05, 0) is 13.8 Å². The fourth-order valence-corrected chi connectivity index (χ4v) is 0.325. The minimum absolute atomic E-state index is 0.171. The summed E-state index contributed by atoms with van der Waals surface area (Å²) >= 11 is 2.96. The third-order valence-corrected chi connectivity index (χ3v) is 1.61. The molecule has 62 valence electrons. The van der Waals surface area contributed by atoms with Crippen molar-refractivity contribution in [2.45, 2.75) is 13.8 Å². The number of nitrogens with zero attached hydrogens (tertiary/aromatic N) is 1. The van der Waals surface area contributed by atoms with Gasteiger partial charge < -0.3 is 4.98 Å². The second-order valence-corrected chi connectivity index (χ2v) is 2.63. The average Bonchev–Trinajstić information content (AvgIpc) is 2.41. The van der Waals surface area contributed by atoms with Gasteiger partial charge in [-0.2, -0.15) is 0 Å². The van der Waals surface area contributed by atoms with E-state index in [9.17, 15) is 4.79 Å². The van der Waals surface area contributed by atoms with Crippen molar-refractivity contribution in [1.82, 2.24) is 9.97 Å². The number of hydrogen-bond acceptors (Lipinski definition) is 2. The van der Waals surface area contributed by atoms with Crippen LogP contribution in [-0.4, -0.2) is 21.1 Å². The van der Waals surface area contributed by atoms with Crippen LogP contribution in [0, 0.1) is 6.92 Å². The van der Waals surface area contributed by atoms with Crippen LogP contribution in [0.15, 0.2) is 12.5 Å². The molecule has 1 heterocycles. The summed E-state index contributed by atoms with van der Waals surface area (Å²) in [5.41, 5.74) is 1.11. The molecule has 1 aromatic heterocycles. The van der Waals surface area contributed by atoms with Crippen LogP contribution in [0.2, 0.25) is 0 Å². The van der Waals surface area contributed by atoms with Crippen LogP contribution in [0.25, 0.3) is 0 Å². The smallest absolute Gasteiger partial charge is 0.140 e. The number of carbonyl (C=O) groups excluding carboxylic acids is 1. The SMILES string of the molecule is CC(=O)CBr.Cc1cnc[nH]1. The molecule has 1 rings (SSSR count). The number of aryl methyl sites for hydroxylation is 1. The van der Waals surface area contributed by atoms with E-state index in [1.165, 1.54) is 6.92 Å². The average molecular weight is 219 g/mol. The molecule has 1 N–H and O–H groups in total. The number of carbonyl (C=O) groups is 1. The molecular formula is C7H11BrN2O. The Balaban J connectivity index is 0.000000187. The number of Topliss-reactive ketones (excluding diaryl/α,β-unsaturated/α-hetero) is 1. The predicted molar refractivity (Wildman–Crippen MR) is 47.8 cm³/mol. The Morgan fingerprint density at radius 2 is 2.36 bits per heavy atom. The van der Waals surface area contributed by atoms with Crippen LogP contribution in [0.3, 0.4) is 0 Å². The van der Waals surface area contributed by atoms with Crippen LogP contribution in [0.4, 0.5) is 0 Å². The Hall–Kier alpha value is -0.640. The Bertz CT molecular complexity index is 196. The molecule has 11 heavy (non-hydrogen) atoms. The first-order chi connectivity index (χ1) is 5.16. The minimum Gasteiger partial charge on any atom is -0.349 e. The molecule has 4 heteroatoms. The largest absolute Gasteiger partial charge is 0.349 e. The number of H-pyrrole nitrogens is 1. The Labute approximate surface area is 74.4 Å². The molecule has 0 radical (unpaired) electrons. The predicted octanol–water partition coefficient (Wildman–Crippen LogP) is 1.69. The van der Waals surface area contributed by atoms with E-state index >= 15 is 0 Å². The first-order valence-electron chi connectivity index (χ1n) is 3.17. The molecule has 0 atom stereocenters. The molecule has 0 saturated carbocycles. The first-order valence-corrected chi connectivity index (χ1v) is 4.29. The van der Waals surface area contributed by atoms with E-state index in [-0.39, 0.29) is 5.78 Å². The van der Waals surface area contributed by atoms with E-state index in [1.807, 2.05) is 6.92 Å². The van der Waals surface area contributed by atoms with Gasteiger partial charge in [-0.25, -0.2) is 4.98 Å². The second-order valence-electron chi connectivity index (χ2n) is 2.07. The zero-order valence-corrected chi connectivity index (χ0v) is 8.18. The lowest BCUT2D eigenvalue weighted by Crippen LogP contribution is -1.85. The molecular weight excluding hydrogens is 208 g/mol. The van der Waals surface area contributed by atoms with Crippen molar-refractivity contribution in [1.29, 1.82) is 0 Å². The van der Waals surface area contributed by atoms with Crippen molar-refractivity contribution in [3.63, 3.8) is 0 Å². The van der Waals surface area contributed by atoms with Gasteiger partial charge >= 0.3 is 0 Å². The Morgan fingerprint density at radius 1 is 1.82 bits per heavy atom. The van der Waals surface area contributed by atoms with Crippen LogP contribution >= 0.6 is 15.9 Å². The number of rotatable bonds is 1. The number of aromatic amines is 1. The van der Waals surface area contributed by atoms with Gasteiger partial charge in [0, 0.05) is 11.9 Å². The molecule has 0 amide bonds. The summed E-state index contributed by atoms with van der Waals surface area (Å²) in [6.07, 6.45) is 3.44. The molecule has 3 nitrogen and oxygen atoms in total. The van der Waals surface area contributed by atoms with Gasteiger partial charge in [0.15, 0.2) is 0 Å². The molecule has 0 fully saturated rings. The highest BCUT2D eigenvalue weighted by Gasteiger charge is 1.78. The number of imidazole rings is 1. The lowest BCUT2D eigenvalue weighted by molar-refractivity contribution is -0.114. The summed E-state index contributed by atoms with van der Waals surface area (Å²) in [4.78, 5) is 16.4.